The van der Waals surface area contributed by atoms with Crippen molar-refractivity contribution in [3.63, 3.8) is 0 Å². The van der Waals surface area contributed by atoms with E-state index in [9.17, 15) is 38.4 Å². The van der Waals surface area contributed by atoms with Gasteiger partial charge in [0.25, 0.3) is 0 Å². The van der Waals surface area contributed by atoms with Gasteiger partial charge in [-0.15, -0.1) is 0 Å². The van der Waals surface area contributed by atoms with Crippen LogP contribution in [-0.2, 0) is 101 Å². The normalized spacial score (nSPS) is 19.7. The maximum Gasteiger partial charge on any atom is 0.410 e. The Morgan fingerprint density at radius 1 is 0.345 bits per heavy atom. The Bertz CT molecular complexity index is 4650. The first-order valence-corrected chi connectivity index (χ1v) is 57.8. The minimum absolute atomic E-state index is 0.0125. The zero-order valence-corrected chi connectivity index (χ0v) is 94.4. The molecule has 0 unspecified atom stereocenters. The molecule has 7 saturated carbocycles. The molecule has 3 aliphatic heterocycles. The lowest BCUT2D eigenvalue weighted by atomic mass is 9.50. The average molecular weight is 2050 g/mol. The predicted octanol–water partition coefficient (Wildman–Crippen LogP) is 31.4. The topological polar surface area (TPSA) is 229 Å². The van der Waals surface area contributed by atoms with Gasteiger partial charge < -0.3 is 57.3 Å². The molecule has 0 radical (unpaired) electrons. The smallest absolute Gasteiger partial charge is 0.410 e. The van der Waals surface area contributed by atoms with E-state index in [1.807, 2.05) is 167 Å². The lowest BCUT2D eigenvalue weighted by Gasteiger charge is -2.59. The van der Waals surface area contributed by atoms with Gasteiger partial charge in [0.2, 0.25) is 0 Å². The summed E-state index contributed by atoms with van der Waals surface area (Å²) in [5.74, 6) is 4.52. The van der Waals surface area contributed by atoms with E-state index in [1.165, 1.54) is 150 Å². The third-order valence-electron chi connectivity index (χ3n) is 32.1. The van der Waals surface area contributed by atoms with Crippen LogP contribution < -0.4 is 4.74 Å². The molecule has 0 spiro atoms. The van der Waals surface area contributed by atoms with Gasteiger partial charge in [-0.25, -0.2) is 14.4 Å². The number of esters is 5. The van der Waals surface area contributed by atoms with E-state index >= 15 is 0 Å². The van der Waals surface area contributed by atoms with Crippen molar-refractivity contribution in [1.82, 2.24) is 14.7 Å². The van der Waals surface area contributed by atoms with Gasteiger partial charge in [-0.1, -0.05) is 237 Å². The van der Waals surface area contributed by atoms with Gasteiger partial charge in [0, 0.05) is 71.4 Å². The number of likely N-dealkylation sites (tertiary alicyclic amines) is 3. The third kappa shape index (κ3) is 46.2. The van der Waals surface area contributed by atoms with Crippen LogP contribution in [-0.4, -0.2) is 148 Å². The molecule has 3 amide bonds. The van der Waals surface area contributed by atoms with Gasteiger partial charge in [0.15, 0.2) is 0 Å². The molecule has 10 fully saturated rings. The van der Waals surface area contributed by atoms with Gasteiger partial charge in [-0.2, -0.15) is 0 Å². The number of hydrogen-bond acceptors (Lipinski definition) is 17. The fourth-order valence-electron chi connectivity index (χ4n) is 22.3. The van der Waals surface area contributed by atoms with Gasteiger partial charge in [0.1, 0.15) is 51.6 Å². The van der Waals surface area contributed by atoms with Crippen LogP contribution in [0, 0.1) is 35.5 Å². The Morgan fingerprint density at radius 2 is 0.682 bits per heavy atom. The van der Waals surface area contributed by atoms with Gasteiger partial charge >= 0.3 is 48.1 Å². The minimum Gasteiger partial charge on any atom is -0.497 e. The van der Waals surface area contributed by atoms with Gasteiger partial charge in [-0.3, -0.25) is 24.0 Å². The molecule has 0 atom stereocenters. The molecule has 10 aliphatic rings. The quantitative estimate of drug-likeness (QED) is 0.0266. The number of carbonyl (C=O) groups is 8. The molecule has 20 heteroatoms. The third-order valence-corrected chi connectivity index (χ3v) is 32.1. The maximum absolute atomic E-state index is 12.5. The summed E-state index contributed by atoms with van der Waals surface area (Å²) in [6, 6.07) is 58.8. The highest BCUT2D eigenvalue weighted by Crippen LogP contribution is 2.60. The van der Waals surface area contributed by atoms with Gasteiger partial charge in [0.05, 0.1) is 7.11 Å². The monoisotopic (exact) mass is 2040 g/mol. The molecular weight excluding hydrogens is 1850 g/mol. The second kappa shape index (κ2) is 65.5. The number of hydrogen-bond donors (Lipinski definition) is 0. The number of methoxy groups -OCH3 is 1. The van der Waals surface area contributed by atoms with E-state index < -0.39 is 0 Å². The van der Waals surface area contributed by atoms with Crippen molar-refractivity contribution in [2.75, 3.05) is 46.4 Å². The molecule has 7 aliphatic carbocycles. The van der Waals surface area contributed by atoms with E-state index in [1.54, 1.807) is 12.0 Å². The van der Waals surface area contributed by atoms with Crippen molar-refractivity contribution in [1.29, 1.82) is 0 Å². The van der Waals surface area contributed by atoms with Crippen LogP contribution in [0.4, 0.5) is 14.4 Å². The van der Waals surface area contributed by atoms with Crippen LogP contribution in [0.2, 0.25) is 0 Å². The molecule has 6 aromatic rings. The van der Waals surface area contributed by atoms with Crippen molar-refractivity contribution in [3.05, 3.63) is 209 Å². The van der Waals surface area contributed by atoms with Crippen LogP contribution in [0.3, 0.4) is 0 Å². The summed E-state index contributed by atoms with van der Waals surface area (Å²) in [7, 11) is 1.63. The van der Waals surface area contributed by atoms with E-state index in [0.717, 1.165) is 217 Å². The van der Waals surface area contributed by atoms with Crippen molar-refractivity contribution >= 4 is 48.1 Å². The van der Waals surface area contributed by atoms with Crippen molar-refractivity contribution < 1.29 is 81.0 Å². The van der Waals surface area contributed by atoms with Crippen molar-refractivity contribution in [2.24, 2.45) is 35.5 Å². The Labute approximate surface area is 893 Å². The number of benzene rings is 6. The molecule has 0 N–H and O–H groups in total. The second-order valence-corrected chi connectivity index (χ2v) is 46.0. The van der Waals surface area contributed by atoms with E-state index in [-0.39, 0.29) is 87.3 Å². The second-order valence-electron chi connectivity index (χ2n) is 46.0. The molecule has 3 heterocycles. The number of nitrogens with zero attached hydrogens (tertiary/aromatic N) is 3. The molecular formula is C128H193N3O17. The molecule has 148 heavy (non-hydrogen) atoms. The Hall–Kier alpha value is -9.72. The number of piperidine rings is 3. The predicted molar refractivity (Wildman–Crippen MR) is 596 cm³/mol. The number of aryl methyl sites for hydroxylation is 5. The Morgan fingerprint density at radius 3 is 1.05 bits per heavy atom. The number of rotatable bonds is 35. The average Bonchev–Trinajstić information content (AvgIpc) is 0.730. The minimum atomic E-state index is -0.367. The lowest BCUT2D eigenvalue weighted by Crippen LogP contribution is -2.59. The van der Waals surface area contributed by atoms with Crippen LogP contribution in [0.5, 0.6) is 5.75 Å². The first kappa shape index (κ1) is 123. The molecule has 0 aromatic heterocycles. The highest BCUT2D eigenvalue weighted by molar-refractivity contribution is 5.72. The fourth-order valence-corrected chi connectivity index (χ4v) is 22.3. The van der Waals surface area contributed by atoms with Crippen molar-refractivity contribution in [2.45, 2.75) is 458 Å². The van der Waals surface area contributed by atoms with Crippen LogP contribution in [0.15, 0.2) is 176 Å². The Kier molecular flexibility index (Phi) is 54.7. The summed E-state index contributed by atoms with van der Waals surface area (Å²) in [6.07, 6.45) is 49.6. The maximum atomic E-state index is 12.5. The zero-order valence-electron chi connectivity index (χ0n) is 94.4. The Balaban J connectivity index is 0.000000207. The zero-order chi connectivity index (χ0) is 107. The van der Waals surface area contributed by atoms with E-state index in [4.69, 9.17) is 42.6 Å². The summed E-state index contributed by atoms with van der Waals surface area (Å²) in [6.45, 7) is 36.3. The fraction of sp³-hybridized carbons (Fsp3) is 0.656. The van der Waals surface area contributed by atoms with E-state index in [0.29, 0.717) is 62.4 Å². The van der Waals surface area contributed by atoms with Crippen LogP contribution in [0.25, 0.3) is 0 Å². The summed E-state index contributed by atoms with van der Waals surface area (Å²) in [4.78, 5) is 101. The number of amides is 3. The molecule has 3 saturated heterocycles. The molecule has 20 nitrogen and oxygen atoms in total. The first-order chi connectivity index (χ1) is 71.0. The highest BCUT2D eigenvalue weighted by Gasteiger charge is 2.57. The first-order valence-electron chi connectivity index (χ1n) is 57.8. The molecule has 6 aromatic carbocycles. The van der Waals surface area contributed by atoms with Gasteiger partial charge in [-0.05, 0) is 387 Å². The number of carbonyl (C=O) groups excluding carboxylic acids is 8. The summed E-state index contributed by atoms with van der Waals surface area (Å²) in [5.41, 5.74) is 5.56. The standard InChI is InChI=1S/2C19H28O2.C18H20O3.C17H27NO2.C17H26O2.C15H22O2.C13H23NO2.C10H19NO2/c1-16(2)19(14-7-4-8-15-19)21-18(20)13-9-12-17-10-5-3-6-11-17;1-19(2,17-13-7-4-8-14-17)21-18(20)15-9-12-16-10-5-3-6-11-16;1-20-17-12-10-16(11-13-17)14-21-18(19)9-5-8-15-6-3-2-4-7-15;1-17(20-16(19)18-5-3-2-4-6-18)14-8-12-7-13(10-14)11-15(17)9-12;1-4-17(5-2,6-3)19-16(18)14-10-13-15-11-8-7-9-12-15;1-4-15(2,3)17-14(16)12-8-11-13-9-6-5-7-10-13;1-13(8-4-2-5-9-13)16-12(15)14-10-6-3-7-11-14;1-10(2,3)13-9(12)11-7-5-4-6-8-11/h3,5-6,10-11,16H,4,7-9,12-15H2,1-2H3;3,5-6,10-11,17H,4,7-9,12-15H2,1-2H3;2-4,6-7,10-13H,5,8-9,14H2,1H3;12-15H,2-11H2,1H3;7-9,11-12H,4-6,10,13-14H2,1-3H3;5-7,9-10H,4,8,11-12H2,1-3H3;2-11H2,1H3;4-8H2,1-3H3. The molecule has 4 bridgehead atoms. The summed E-state index contributed by atoms with van der Waals surface area (Å²) in [5, 5.41) is 0. The van der Waals surface area contributed by atoms with E-state index in [2.05, 4.69) is 123 Å². The SMILES string of the molecule is CC(C)(C)OC(=O)N1CCCCC1.CC(C)(OC(=O)CCCc1ccccc1)C1CCCCC1.CC(C)C1(OC(=O)CCCc2ccccc2)CCCCC1.CC1(OC(=O)N2CCCCC2)C2CC3CC(C2)CC1C3.CC1(OC(=O)N2CCCCC2)CCCCC1.CCC(C)(C)OC(=O)CCCc1ccccc1.CCC(CC)(CC)OC(=O)CCCc1ccccc1.COc1ccc(COC(=O)CCCc2ccccc2)cc1. The summed E-state index contributed by atoms with van der Waals surface area (Å²) >= 11 is 0. The largest absolute Gasteiger partial charge is 0.497 e. The summed E-state index contributed by atoms with van der Waals surface area (Å²) < 4.78 is 50.2. The van der Waals surface area contributed by atoms with Crippen LogP contribution in [0.1, 0.15) is 413 Å². The van der Waals surface area contributed by atoms with Crippen molar-refractivity contribution in [3.8, 4) is 5.75 Å². The lowest BCUT2D eigenvalue weighted by molar-refractivity contribution is -0.170. The highest BCUT2D eigenvalue weighted by atomic mass is 16.6. The van der Waals surface area contributed by atoms with Crippen LogP contribution >= 0.6 is 0 Å². The molecule has 822 valence electrons. The number of ether oxygens (including phenoxy) is 9. The molecule has 16 rings (SSSR count).